The highest BCUT2D eigenvalue weighted by atomic mass is 16.5. The van der Waals surface area contributed by atoms with Crippen molar-refractivity contribution in [2.45, 2.75) is 25.3 Å². The fourth-order valence-electron chi connectivity index (χ4n) is 2.51. The summed E-state index contributed by atoms with van der Waals surface area (Å²) in [5.41, 5.74) is 0.417. The smallest absolute Gasteiger partial charge is 0.0653 e. The zero-order valence-corrected chi connectivity index (χ0v) is 7.47. The minimum atomic E-state index is 0.417. The Morgan fingerprint density at radius 1 is 1.55 bits per heavy atom. The maximum absolute atomic E-state index is 5.48. The molecule has 2 heteroatoms. The van der Waals surface area contributed by atoms with Crippen LogP contribution in [0, 0.1) is 5.92 Å². The normalized spacial score (nSPS) is 45.8. The van der Waals surface area contributed by atoms with E-state index in [1.54, 1.807) is 0 Å². The molecule has 0 bridgehead atoms. The average Bonchev–Trinajstić information content (AvgIpc) is 2.56. The zero-order chi connectivity index (χ0) is 7.90. The first-order valence-electron chi connectivity index (χ1n) is 4.55. The highest BCUT2D eigenvalue weighted by Gasteiger charge is 2.46. The molecule has 0 unspecified atom stereocenters. The van der Waals surface area contributed by atoms with Crippen LogP contribution in [-0.2, 0) is 4.74 Å². The largest absolute Gasteiger partial charge is 0.379 e. The van der Waals surface area contributed by atoms with E-state index in [4.69, 9.17) is 4.74 Å². The van der Waals surface area contributed by atoms with Crippen LogP contribution in [0.5, 0.6) is 0 Å². The molecule has 2 atom stereocenters. The third-order valence-electron chi connectivity index (χ3n) is 3.61. The van der Waals surface area contributed by atoms with Gasteiger partial charge in [0.2, 0.25) is 0 Å². The molecular formula is C9H17NO. The fourth-order valence-corrected chi connectivity index (χ4v) is 2.51. The predicted octanol–water partition coefficient (Wildman–Crippen LogP) is 1.12. The Hall–Kier alpha value is -0.0800. The van der Waals surface area contributed by atoms with Crippen molar-refractivity contribution in [3.05, 3.63) is 0 Å². The lowest BCUT2D eigenvalue weighted by molar-refractivity contribution is 0.0975. The van der Waals surface area contributed by atoms with Crippen LogP contribution in [0.4, 0.5) is 0 Å². The van der Waals surface area contributed by atoms with Crippen LogP contribution in [0.3, 0.4) is 0 Å². The zero-order valence-electron chi connectivity index (χ0n) is 7.47. The van der Waals surface area contributed by atoms with Crippen LogP contribution in [0.15, 0.2) is 0 Å². The van der Waals surface area contributed by atoms with Gasteiger partial charge in [-0.2, -0.15) is 0 Å². The summed E-state index contributed by atoms with van der Waals surface area (Å²) < 4.78 is 5.48. The first kappa shape index (κ1) is 7.56. The first-order valence-corrected chi connectivity index (χ1v) is 4.55. The molecule has 0 aliphatic carbocycles. The van der Waals surface area contributed by atoms with Gasteiger partial charge in [0.05, 0.1) is 6.61 Å². The van der Waals surface area contributed by atoms with Gasteiger partial charge in [-0.05, 0) is 32.4 Å². The summed E-state index contributed by atoms with van der Waals surface area (Å²) in [4.78, 5) is 2.49. The number of rotatable bonds is 0. The monoisotopic (exact) mass is 155 g/mol. The third kappa shape index (κ3) is 0.926. The van der Waals surface area contributed by atoms with Crippen molar-refractivity contribution in [3.8, 4) is 0 Å². The van der Waals surface area contributed by atoms with E-state index in [-0.39, 0.29) is 0 Å². The molecule has 0 amide bonds. The van der Waals surface area contributed by atoms with Crippen LogP contribution in [0.2, 0.25) is 0 Å². The molecule has 2 heterocycles. The Labute approximate surface area is 68.5 Å². The average molecular weight is 155 g/mol. The molecule has 0 aromatic rings. The first-order chi connectivity index (χ1) is 5.26. The Balaban J connectivity index is 2.19. The van der Waals surface area contributed by atoms with Crippen molar-refractivity contribution < 1.29 is 4.74 Å². The van der Waals surface area contributed by atoms with Crippen LogP contribution in [0.1, 0.15) is 19.8 Å². The predicted molar refractivity (Wildman–Crippen MR) is 44.6 cm³/mol. The molecule has 1 spiro atoms. The second-order valence-electron chi connectivity index (χ2n) is 4.02. The molecule has 2 rings (SSSR count). The molecule has 2 aliphatic rings. The second kappa shape index (κ2) is 2.46. The van der Waals surface area contributed by atoms with E-state index in [2.05, 4.69) is 18.9 Å². The number of ether oxygens (including phenoxy) is 1. The summed E-state index contributed by atoms with van der Waals surface area (Å²) in [6.45, 7) is 5.54. The van der Waals surface area contributed by atoms with Crippen LogP contribution in [0.25, 0.3) is 0 Å². The van der Waals surface area contributed by atoms with Gasteiger partial charge in [0, 0.05) is 12.1 Å². The molecule has 2 fully saturated rings. The lowest BCUT2D eigenvalue weighted by atomic mass is 9.86. The lowest BCUT2D eigenvalue weighted by Crippen LogP contribution is -2.45. The maximum atomic E-state index is 5.48. The molecule has 0 saturated carbocycles. The fraction of sp³-hybridized carbons (Fsp3) is 1.00. The van der Waals surface area contributed by atoms with Crippen molar-refractivity contribution >= 4 is 0 Å². The molecule has 0 aromatic heterocycles. The highest BCUT2D eigenvalue weighted by molar-refractivity contribution is 5.01. The summed E-state index contributed by atoms with van der Waals surface area (Å²) in [6.07, 6.45) is 2.59. The van der Waals surface area contributed by atoms with Crippen LogP contribution >= 0.6 is 0 Å². The molecule has 2 nitrogen and oxygen atoms in total. The van der Waals surface area contributed by atoms with E-state index in [1.807, 2.05) is 0 Å². The lowest BCUT2D eigenvalue weighted by Gasteiger charge is -2.33. The SMILES string of the molecule is C[C@H]1CCN(C)[C@@]12CCOC2. The summed E-state index contributed by atoms with van der Waals surface area (Å²) in [6, 6.07) is 0. The van der Waals surface area contributed by atoms with Crippen molar-refractivity contribution in [1.29, 1.82) is 0 Å². The Morgan fingerprint density at radius 2 is 2.36 bits per heavy atom. The summed E-state index contributed by atoms with van der Waals surface area (Å²) in [5, 5.41) is 0. The van der Waals surface area contributed by atoms with Crippen LogP contribution in [-0.4, -0.2) is 37.2 Å². The van der Waals surface area contributed by atoms with Crippen molar-refractivity contribution in [3.63, 3.8) is 0 Å². The van der Waals surface area contributed by atoms with Gasteiger partial charge in [-0.1, -0.05) is 6.92 Å². The van der Waals surface area contributed by atoms with Crippen molar-refractivity contribution in [2.75, 3.05) is 26.8 Å². The van der Waals surface area contributed by atoms with Gasteiger partial charge in [0.15, 0.2) is 0 Å². The Kier molecular flexibility index (Phi) is 1.69. The van der Waals surface area contributed by atoms with Crippen molar-refractivity contribution in [2.24, 2.45) is 5.92 Å². The van der Waals surface area contributed by atoms with Gasteiger partial charge in [0.25, 0.3) is 0 Å². The van der Waals surface area contributed by atoms with E-state index in [0.29, 0.717) is 5.54 Å². The van der Waals surface area contributed by atoms with Crippen molar-refractivity contribution in [1.82, 2.24) is 4.90 Å². The standard InChI is InChI=1S/C9H17NO/c1-8-3-5-10(2)9(8)4-6-11-7-9/h8H,3-7H2,1-2H3/t8-,9+/m0/s1. The number of likely N-dealkylation sites (tertiary alicyclic amines) is 1. The van der Waals surface area contributed by atoms with Gasteiger partial charge >= 0.3 is 0 Å². The van der Waals surface area contributed by atoms with E-state index in [0.717, 1.165) is 19.1 Å². The number of likely N-dealkylation sites (N-methyl/N-ethyl adjacent to an activating group) is 1. The highest BCUT2D eigenvalue weighted by Crippen LogP contribution is 2.39. The second-order valence-corrected chi connectivity index (χ2v) is 4.02. The maximum Gasteiger partial charge on any atom is 0.0653 e. The van der Waals surface area contributed by atoms with Crippen LogP contribution < -0.4 is 0 Å². The summed E-state index contributed by atoms with van der Waals surface area (Å²) in [7, 11) is 2.23. The van der Waals surface area contributed by atoms with Gasteiger partial charge in [0.1, 0.15) is 0 Å². The number of hydrogen-bond acceptors (Lipinski definition) is 2. The summed E-state index contributed by atoms with van der Waals surface area (Å²) in [5.74, 6) is 0.829. The molecule has 64 valence electrons. The minimum absolute atomic E-state index is 0.417. The molecule has 2 aliphatic heterocycles. The molecule has 0 aromatic carbocycles. The van der Waals surface area contributed by atoms with E-state index >= 15 is 0 Å². The van der Waals surface area contributed by atoms with E-state index in [1.165, 1.54) is 19.4 Å². The van der Waals surface area contributed by atoms with Gasteiger partial charge < -0.3 is 4.74 Å². The molecule has 2 saturated heterocycles. The number of nitrogens with zero attached hydrogens (tertiary/aromatic N) is 1. The molecular weight excluding hydrogens is 138 g/mol. The van der Waals surface area contributed by atoms with Gasteiger partial charge in [-0.25, -0.2) is 0 Å². The molecule has 11 heavy (non-hydrogen) atoms. The van der Waals surface area contributed by atoms with E-state index in [9.17, 15) is 0 Å². The van der Waals surface area contributed by atoms with E-state index < -0.39 is 0 Å². The Morgan fingerprint density at radius 3 is 2.82 bits per heavy atom. The molecule has 0 radical (unpaired) electrons. The van der Waals surface area contributed by atoms with Gasteiger partial charge in [-0.15, -0.1) is 0 Å². The minimum Gasteiger partial charge on any atom is -0.379 e. The third-order valence-corrected chi connectivity index (χ3v) is 3.61. The summed E-state index contributed by atoms with van der Waals surface area (Å²) >= 11 is 0. The van der Waals surface area contributed by atoms with Gasteiger partial charge in [-0.3, -0.25) is 4.90 Å². The molecule has 0 N–H and O–H groups in total. The topological polar surface area (TPSA) is 12.5 Å². The quantitative estimate of drug-likeness (QED) is 0.519. The Bertz CT molecular complexity index is 140. The number of hydrogen-bond donors (Lipinski definition) is 0.